The first-order valence-electron chi connectivity index (χ1n) is 8.22. The minimum absolute atomic E-state index is 0.0139. The van der Waals surface area contributed by atoms with E-state index in [0.717, 1.165) is 0 Å². The zero-order chi connectivity index (χ0) is 19.8. The molecule has 2 amide bonds. The summed E-state index contributed by atoms with van der Waals surface area (Å²) in [7, 11) is 1.39. The number of methoxy groups -OCH3 is 1. The van der Waals surface area contributed by atoms with Gasteiger partial charge in [-0.25, -0.2) is 4.79 Å². The van der Waals surface area contributed by atoms with Crippen LogP contribution in [0.15, 0.2) is 60.9 Å². The van der Waals surface area contributed by atoms with Gasteiger partial charge in [0.05, 0.1) is 28.9 Å². The number of hydroxylamine groups is 2. The fourth-order valence-corrected chi connectivity index (χ4v) is 3.21. The van der Waals surface area contributed by atoms with E-state index >= 15 is 0 Å². The van der Waals surface area contributed by atoms with E-state index in [2.05, 4.69) is 0 Å². The minimum atomic E-state index is -0.938. The summed E-state index contributed by atoms with van der Waals surface area (Å²) in [6.07, 6.45) is 3.58. The molecule has 0 unspecified atom stereocenters. The molecule has 28 heavy (non-hydrogen) atoms. The molecule has 7 nitrogen and oxygen atoms in total. The standard InChI is InChI=1S/C20H13ClN2O5/c1-27-17-11-16(22-8-4-5-9-22)15(21)10-14(17)20(26)28-23-18(24)12-6-2-3-7-13(12)19(23)25/h2-11H,1H3. The molecule has 0 bridgehead atoms. The average Bonchev–Trinajstić information content (AvgIpc) is 3.32. The highest BCUT2D eigenvalue weighted by Crippen LogP contribution is 2.31. The number of aromatic nitrogens is 1. The van der Waals surface area contributed by atoms with Gasteiger partial charge in [0.1, 0.15) is 11.3 Å². The number of benzene rings is 2. The maximum Gasteiger partial charge on any atom is 0.367 e. The van der Waals surface area contributed by atoms with Gasteiger partial charge in [-0.1, -0.05) is 28.8 Å². The van der Waals surface area contributed by atoms with E-state index in [1.807, 2.05) is 12.1 Å². The lowest BCUT2D eigenvalue weighted by atomic mass is 10.1. The molecule has 3 aromatic rings. The van der Waals surface area contributed by atoms with Crippen molar-refractivity contribution in [2.24, 2.45) is 0 Å². The van der Waals surface area contributed by atoms with E-state index in [4.69, 9.17) is 21.2 Å². The average molecular weight is 397 g/mol. The molecule has 0 radical (unpaired) electrons. The second-order valence-electron chi connectivity index (χ2n) is 5.92. The molecule has 0 N–H and O–H groups in total. The third kappa shape index (κ3) is 2.82. The molecular weight excluding hydrogens is 384 g/mol. The van der Waals surface area contributed by atoms with Crippen LogP contribution < -0.4 is 4.74 Å². The number of carbonyl (C=O) groups excluding carboxylic acids is 3. The molecule has 0 aliphatic carbocycles. The van der Waals surface area contributed by atoms with Gasteiger partial charge in [0.25, 0.3) is 11.8 Å². The third-order valence-electron chi connectivity index (χ3n) is 4.30. The van der Waals surface area contributed by atoms with Crippen molar-refractivity contribution in [1.82, 2.24) is 9.63 Å². The number of carbonyl (C=O) groups is 3. The zero-order valence-corrected chi connectivity index (χ0v) is 15.3. The highest BCUT2D eigenvalue weighted by atomic mass is 35.5. The fraction of sp³-hybridized carbons (Fsp3) is 0.0500. The molecule has 0 saturated carbocycles. The summed E-state index contributed by atoms with van der Waals surface area (Å²) >= 11 is 6.31. The second kappa shape index (κ2) is 6.86. The maximum atomic E-state index is 12.7. The predicted octanol–water partition coefficient (Wildman–Crippen LogP) is 3.51. The van der Waals surface area contributed by atoms with Crippen LogP contribution in [-0.2, 0) is 4.84 Å². The number of hydrogen-bond donors (Lipinski definition) is 0. The first-order chi connectivity index (χ1) is 13.5. The summed E-state index contributed by atoms with van der Waals surface area (Å²) in [6.45, 7) is 0. The first kappa shape index (κ1) is 17.8. The quantitative estimate of drug-likeness (QED) is 0.631. The molecule has 8 heteroatoms. The van der Waals surface area contributed by atoms with Crippen LogP contribution in [0.2, 0.25) is 5.02 Å². The maximum absolute atomic E-state index is 12.7. The van der Waals surface area contributed by atoms with E-state index in [1.54, 1.807) is 35.2 Å². The van der Waals surface area contributed by atoms with Crippen LogP contribution in [0.1, 0.15) is 31.1 Å². The number of nitrogens with zero attached hydrogens (tertiary/aromatic N) is 2. The van der Waals surface area contributed by atoms with E-state index in [9.17, 15) is 14.4 Å². The Morgan fingerprint density at radius 1 is 0.964 bits per heavy atom. The van der Waals surface area contributed by atoms with Crippen molar-refractivity contribution in [2.75, 3.05) is 7.11 Å². The minimum Gasteiger partial charge on any atom is -0.496 e. The van der Waals surface area contributed by atoms with Gasteiger partial charge < -0.3 is 14.1 Å². The van der Waals surface area contributed by atoms with Gasteiger partial charge in [-0.2, -0.15) is 0 Å². The summed E-state index contributed by atoms with van der Waals surface area (Å²) in [6, 6.07) is 12.8. The van der Waals surface area contributed by atoms with Crippen molar-refractivity contribution < 1.29 is 24.0 Å². The number of ether oxygens (including phenoxy) is 1. The van der Waals surface area contributed by atoms with Crippen LogP contribution in [0.5, 0.6) is 5.75 Å². The number of halogens is 1. The molecule has 4 rings (SSSR count). The van der Waals surface area contributed by atoms with E-state index in [1.165, 1.54) is 25.3 Å². The van der Waals surface area contributed by atoms with Gasteiger partial charge in [0, 0.05) is 18.5 Å². The summed E-state index contributed by atoms with van der Waals surface area (Å²) in [4.78, 5) is 42.5. The number of amides is 2. The Bertz CT molecular complexity index is 1070. The number of rotatable bonds is 4. The molecule has 0 fully saturated rings. The lowest BCUT2D eigenvalue weighted by Crippen LogP contribution is -2.32. The lowest BCUT2D eigenvalue weighted by Gasteiger charge is -2.16. The molecule has 0 atom stereocenters. The number of fused-ring (bicyclic) bond motifs is 1. The Morgan fingerprint density at radius 3 is 2.14 bits per heavy atom. The smallest absolute Gasteiger partial charge is 0.367 e. The van der Waals surface area contributed by atoms with Crippen molar-refractivity contribution in [1.29, 1.82) is 0 Å². The van der Waals surface area contributed by atoms with Crippen LogP contribution in [-0.4, -0.2) is 34.5 Å². The van der Waals surface area contributed by atoms with Crippen molar-refractivity contribution in [3.63, 3.8) is 0 Å². The van der Waals surface area contributed by atoms with E-state index < -0.39 is 17.8 Å². The predicted molar refractivity (Wildman–Crippen MR) is 99.7 cm³/mol. The monoisotopic (exact) mass is 396 g/mol. The fourth-order valence-electron chi connectivity index (χ4n) is 2.95. The Morgan fingerprint density at radius 2 is 1.57 bits per heavy atom. The Balaban J connectivity index is 1.65. The topological polar surface area (TPSA) is 77.8 Å². The molecule has 140 valence electrons. The van der Waals surface area contributed by atoms with Crippen LogP contribution in [0.3, 0.4) is 0 Å². The molecular formula is C20H13ClN2O5. The SMILES string of the molecule is COc1cc(-n2cccc2)c(Cl)cc1C(=O)ON1C(=O)c2ccccc2C1=O. The first-order valence-corrected chi connectivity index (χ1v) is 8.60. The number of hydrogen-bond acceptors (Lipinski definition) is 5. The molecule has 2 heterocycles. The molecule has 0 saturated heterocycles. The molecule has 0 spiro atoms. The molecule has 1 aromatic heterocycles. The normalized spacial score (nSPS) is 12.9. The third-order valence-corrected chi connectivity index (χ3v) is 4.61. The van der Waals surface area contributed by atoms with Crippen LogP contribution in [0.25, 0.3) is 5.69 Å². The zero-order valence-electron chi connectivity index (χ0n) is 14.6. The van der Waals surface area contributed by atoms with Crippen molar-refractivity contribution in [3.8, 4) is 11.4 Å². The van der Waals surface area contributed by atoms with Gasteiger partial charge in [-0.05, 0) is 30.3 Å². The Hall–Kier alpha value is -3.58. The largest absolute Gasteiger partial charge is 0.496 e. The van der Waals surface area contributed by atoms with Gasteiger partial charge >= 0.3 is 5.97 Å². The molecule has 2 aromatic carbocycles. The van der Waals surface area contributed by atoms with Gasteiger partial charge in [-0.3, -0.25) is 9.59 Å². The highest BCUT2D eigenvalue weighted by Gasteiger charge is 2.39. The van der Waals surface area contributed by atoms with Gasteiger partial charge in [-0.15, -0.1) is 0 Å². The van der Waals surface area contributed by atoms with Gasteiger partial charge in [0.2, 0.25) is 0 Å². The summed E-state index contributed by atoms with van der Waals surface area (Å²) < 4.78 is 7.03. The lowest BCUT2D eigenvalue weighted by molar-refractivity contribution is -0.0586. The second-order valence-corrected chi connectivity index (χ2v) is 6.33. The Kier molecular flexibility index (Phi) is 4.37. The van der Waals surface area contributed by atoms with E-state index in [0.29, 0.717) is 10.8 Å². The Labute approximate surface area is 164 Å². The van der Waals surface area contributed by atoms with E-state index in [-0.39, 0.29) is 27.5 Å². The van der Waals surface area contributed by atoms with Crippen molar-refractivity contribution in [2.45, 2.75) is 0 Å². The highest BCUT2D eigenvalue weighted by molar-refractivity contribution is 6.33. The summed E-state index contributed by atoms with van der Waals surface area (Å²) in [5, 5.41) is 0.714. The summed E-state index contributed by atoms with van der Waals surface area (Å²) in [5.74, 6) is -2.16. The van der Waals surface area contributed by atoms with Crippen molar-refractivity contribution >= 4 is 29.4 Å². The van der Waals surface area contributed by atoms with Crippen LogP contribution in [0, 0.1) is 0 Å². The van der Waals surface area contributed by atoms with Crippen molar-refractivity contribution in [3.05, 3.63) is 82.6 Å². The summed E-state index contributed by atoms with van der Waals surface area (Å²) in [5.41, 5.74) is 0.933. The molecule has 1 aliphatic heterocycles. The van der Waals surface area contributed by atoms with Crippen LogP contribution >= 0.6 is 11.6 Å². The van der Waals surface area contributed by atoms with Crippen LogP contribution in [0.4, 0.5) is 0 Å². The number of imide groups is 1. The van der Waals surface area contributed by atoms with Gasteiger partial charge in [0.15, 0.2) is 0 Å². The molecule has 1 aliphatic rings.